The quantitative estimate of drug-likeness (QED) is 0.765. The summed E-state index contributed by atoms with van der Waals surface area (Å²) < 4.78 is 5.57. The highest BCUT2D eigenvalue weighted by atomic mass is 16.5. The number of ether oxygens (including phenoxy) is 1. The second-order valence-electron chi connectivity index (χ2n) is 4.17. The van der Waals surface area contributed by atoms with Crippen molar-refractivity contribution in [2.24, 2.45) is 5.73 Å². The minimum absolute atomic E-state index is 0.148. The largest absolute Gasteiger partial charge is 0.372 e. The van der Waals surface area contributed by atoms with Crippen LogP contribution in [-0.4, -0.2) is 17.9 Å². The summed E-state index contributed by atoms with van der Waals surface area (Å²) in [4.78, 5) is 11.6. The molecule has 1 aromatic carbocycles. The Kier molecular flexibility index (Phi) is 5.07. The van der Waals surface area contributed by atoms with Gasteiger partial charge in [0.15, 0.2) is 5.78 Å². The van der Waals surface area contributed by atoms with Crippen LogP contribution in [-0.2, 0) is 16.1 Å². The fourth-order valence-corrected chi connectivity index (χ4v) is 1.40. The van der Waals surface area contributed by atoms with E-state index in [0.29, 0.717) is 12.2 Å². The normalized spacial score (nSPS) is 14.1. The summed E-state index contributed by atoms with van der Waals surface area (Å²) >= 11 is 0. The Morgan fingerprint density at radius 2 is 2.00 bits per heavy atom. The molecule has 0 saturated carbocycles. The number of hydrogen-bond acceptors (Lipinski definition) is 3. The standard InChI is InChI=1S/C14H19NO2/c1-10(2)14(16)13(15)11(3)17-9-12-7-5-4-6-8-12/h4-8,11,13H,1,9,15H2,2-3H3/t11-,13+/m0/s1. The van der Waals surface area contributed by atoms with Crippen molar-refractivity contribution < 1.29 is 9.53 Å². The fourth-order valence-electron chi connectivity index (χ4n) is 1.40. The van der Waals surface area contributed by atoms with Gasteiger partial charge in [-0.05, 0) is 25.0 Å². The Morgan fingerprint density at radius 3 is 2.53 bits per heavy atom. The maximum atomic E-state index is 11.6. The molecule has 0 aliphatic heterocycles. The summed E-state index contributed by atoms with van der Waals surface area (Å²) in [6.07, 6.45) is -0.320. The third-order valence-electron chi connectivity index (χ3n) is 2.58. The monoisotopic (exact) mass is 233 g/mol. The van der Waals surface area contributed by atoms with Gasteiger partial charge in [0.2, 0.25) is 0 Å². The lowest BCUT2D eigenvalue weighted by Gasteiger charge is -2.19. The molecule has 17 heavy (non-hydrogen) atoms. The molecule has 0 aliphatic rings. The van der Waals surface area contributed by atoms with Crippen molar-refractivity contribution in [3.05, 3.63) is 48.0 Å². The Balaban J connectivity index is 2.47. The number of carbonyl (C=O) groups is 1. The van der Waals surface area contributed by atoms with E-state index in [-0.39, 0.29) is 11.9 Å². The molecule has 0 spiro atoms. The van der Waals surface area contributed by atoms with E-state index in [1.165, 1.54) is 0 Å². The van der Waals surface area contributed by atoms with Crippen molar-refractivity contribution in [3.63, 3.8) is 0 Å². The first-order chi connectivity index (χ1) is 8.02. The van der Waals surface area contributed by atoms with Gasteiger partial charge in [-0.1, -0.05) is 36.9 Å². The van der Waals surface area contributed by atoms with Crippen molar-refractivity contribution in [2.75, 3.05) is 0 Å². The third kappa shape index (κ3) is 4.13. The predicted molar refractivity (Wildman–Crippen MR) is 68.5 cm³/mol. The van der Waals surface area contributed by atoms with E-state index < -0.39 is 6.04 Å². The van der Waals surface area contributed by atoms with Gasteiger partial charge in [-0.2, -0.15) is 0 Å². The maximum absolute atomic E-state index is 11.6. The van der Waals surface area contributed by atoms with Crippen LogP contribution in [0.3, 0.4) is 0 Å². The molecule has 0 saturated heterocycles. The lowest BCUT2D eigenvalue weighted by Crippen LogP contribution is -2.42. The second kappa shape index (κ2) is 6.33. The highest BCUT2D eigenvalue weighted by Crippen LogP contribution is 2.07. The Labute approximate surface area is 102 Å². The minimum Gasteiger partial charge on any atom is -0.372 e. The Bertz CT molecular complexity index is 386. The molecule has 0 heterocycles. The van der Waals surface area contributed by atoms with Gasteiger partial charge in [0.05, 0.1) is 18.8 Å². The average Bonchev–Trinajstić information content (AvgIpc) is 2.35. The third-order valence-corrected chi connectivity index (χ3v) is 2.58. The number of rotatable bonds is 6. The van der Waals surface area contributed by atoms with Crippen LogP contribution in [0.5, 0.6) is 0 Å². The number of carbonyl (C=O) groups excluding carboxylic acids is 1. The molecular weight excluding hydrogens is 214 g/mol. The van der Waals surface area contributed by atoms with Crippen LogP contribution in [0.4, 0.5) is 0 Å². The van der Waals surface area contributed by atoms with Crippen LogP contribution in [0, 0.1) is 0 Å². The smallest absolute Gasteiger partial charge is 0.177 e. The molecule has 0 fully saturated rings. The van der Waals surface area contributed by atoms with Gasteiger partial charge in [0, 0.05) is 0 Å². The number of ketones is 1. The highest BCUT2D eigenvalue weighted by molar-refractivity contribution is 5.98. The van der Waals surface area contributed by atoms with Gasteiger partial charge < -0.3 is 10.5 Å². The summed E-state index contributed by atoms with van der Waals surface area (Å²) in [6, 6.07) is 9.14. The first-order valence-corrected chi connectivity index (χ1v) is 5.63. The van der Waals surface area contributed by atoms with Crippen molar-refractivity contribution in [1.82, 2.24) is 0 Å². The minimum atomic E-state index is -0.642. The summed E-state index contributed by atoms with van der Waals surface area (Å²) in [5.74, 6) is -0.148. The molecule has 0 bridgehead atoms. The molecule has 1 rings (SSSR count). The Morgan fingerprint density at radius 1 is 1.41 bits per heavy atom. The maximum Gasteiger partial charge on any atom is 0.177 e. The van der Waals surface area contributed by atoms with Crippen LogP contribution in [0.15, 0.2) is 42.5 Å². The van der Waals surface area contributed by atoms with Crippen LogP contribution in [0.25, 0.3) is 0 Å². The molecule has 1 aromatic rings. The van der Waals surface area contributed by atoms with Crippen molar-refractivity contribution in [3.8, 4) is 0 Å². The molecule has 3 heteroatoms. The molecular formula is C14H19NO2. The molecule has 2 N–H and O–H groups in total. The van der Waals surface area contributed by atoms with Gasteiger partial charge >= 0.3 is 0 Å². The molecule has 3 nitrogen and oxygen atoms in total. The van der Waals surface area contributed by atoms with Gasteiger partial charge in [-0.25, -0.2) is 0 Å². The summed E-state index contributed by atoms with van der Waals surface area (Å²) in [5, 5.41) is 0. The van der Waals surface area contributed by atoms with Crippen molar-refractivity contribution in [1.29, 1.82) is 0 Å². The topological polar surface area (TPSA) is 52.3 Å². The van der Waals surface area contributed by atoms with E-state index in [0.717, 1.165) is 5.56 Å². The molecule has 92 valence electrons. The zero-order chi connectivity index (χ0) is 12.8. The van der Waals surface area contributed by atoms with Crippen LogP contribution in [0.2, 0.25) is 0 Å². The van der Waals surface area contributed by atoms with E-state index in [1.54, 1.807) is 13.8 Å². The van der Waals surface area contributed by atoms with Gasteiger partial charge in [-0.3, -0.25) is 4.79 Å². The number of benzene rings is 1. The second-order valence-corrected chi connectivity index (χ2v) is 4.17. The van der Waals surface area contributed by atoms with E-state index in [1.807, 2.05) is 30.3 Å². The first-order valence-electron chi connectivity index (χ1n) is 5.63. The van der Waals surface area contributed by atoms with Gasteiger partial charge in [0.1, 0.15) is 0 Å². The summed E-state index contributed by atoms with van der Waals surface area (Å²) in [6.45, 7) is 7.51. The molecule has 0 radical (unpaired) electrons. The highest BCUT2D eigenvalue weighted by Gasteiger charge is 2.21. The van der Waals surface area contributed by atoms with Gasteiger partial charge in [-0.15, -0.1) is 0 Å². The number of hydrogen-bond donors (Lipinski definition) is 1. The zero-order valence-electron chi connectivity index (χ0n) is 10.3. The molecule has 0 aromatic heterocycles. The van der Waals surface area contributed by atoms with Crippen LogP contribution in [0.1, 0.15) is 19.4 Å². The molecule has 0 unspecified atom stereocenters. The van der Waals surface area contributed by atoms with Crippen molar-refractivity contribution in [2.45, 2.75) is 32.6 Å². The first kappa shape index (κ1) is 13.6. The lowest BCUT2D eigenvalue weighted by molar-refractivity contribution is -0.120. The zero-order valence-corrected chi connectivity index (χ0v) is 10.3. The predicted octanol–water partition coefficient (Wildman–Crippen LogP) is 2.06. The molecule has 2 atom stereocenters. The van der Waals surface area contributed by atoms with E-state index in [4.69, 9.17) is 10.5 Å². The summed E-state index contributed by atoms with van der Waals surface area (Å²) in [5.41, 5.74) is 7.32. The number of Topliss-reactive ketones (excluding diaryl/α,β-unsaturated/α-hetero) is 1. The van der Waals surface area contributed by atoms with Crippen LogP contribution < -0.4 is 5.73 Å². The van der Waals surface area contributed by atoms with Crippen LogP contribution >= 0.6 is 0 Å². The van der Waals surface area contributed by atoms with Crippen molar-refractivity contribution >= 4 is 5.78 Å². The van der Waals surface area contributed by atoms with E-state index >= 15 is 0 Å². The average molecular weight is 233 g/mol. The van der Waals surface area contributed by atoms with E-state index in [9.17, 15) is 4.79 Å². The Hall–Kier alpha value is -1.45. The summed E-state index contributed by atoms with van der Waals surface area (Å²) in [7, 11) is 0. The molecule has 0 amide bonds. The van der Waals surface area contributed by atoms with E-state index in [2.05, 4.69) is 6.58 Å². The lowest BCUT2D eigenvalue weighted by atomic mass is 10.0. The molecule has 0 aliphatic carbocycles. The SMILES string of the molecule is C=C(C)C(=O)[C@H](N)[C@H](C)OCc1ccccc1. The fraction of sp³-hybridized carbons (Fsp3) is 0.357. The van der Waals surface area contributed by atoms with Gasteiger partial charge in [0.25, 0.3) is 0 Å². The number of nitrogens with two attached hydrogens (primary N) is 1.